The van der Waals surface area contributed by atoms with E-state index in [1.165, 1.54) is 12.1 Å². The molecule has 0 aliphatic carbocycles. The lowest BCUT2D eigenvalue weighted by Crippen LogP contribution is -2.36. The van der Waals surface area contributed by atoms with E-state index in [0.29, 0.717) is 30.4 Å². The Hall–Kier alpha value is -2.54. The fourth-order valence-electron chi connectivity index (χ4n) is 2.85. The maximum absolute atomic E-state index is 12.6. The van der Waals surface area contributed by atoms with E-state index in [1.807, 2.05) is 17.0 Å². The summed E-state index contributed by atoms with van der Waals surface area (Å²) >= 11 is 6.04. The van der Waals surface area contributed by atoms with Crippen molar-refractivity contribution in [2.24, 2.45) is 0 Å². The Balaban J connectivity index is 1.55. The van der Waals surface area contributed by atoms with Crippen LogP contribution in [0.25, 0.3) is 6.08 Å². The maximum Gasteiger partial charge on any atom is 0.417 e. The molecule has 1 atom stereocenters. The highest BCUT2D eigenvalue weighted by molar-refractivity contribution is 6.32. The van der Waals surface area contributed by atoms with Gasteiger partial charge in [-0.15, -0.1) is 0 Å². The van der Waals surface area contributed by atoms with Crippen LogP contribution in [0.1, 0.15) is 17.5 Å². The summed E-state index contributed by atoms with van der Waals surface area (Å²) in [5.74, 6) is 0.216. The maximum atomic E-state index is 12.6. The molecule has 1 N–H and O–H groups in total. The van der Waals surface area contributed by atoms with Crippen LogP contribution in [-0.2, 0) is 11.0 Å². The summed E-state index contributed by atoms with van der Waals surface area (Å²) in [5.41, 5.74) is -0.0312. The van der Waals surface area contributed by atoms with Gasteiger partial charge in [0.1, 0.15) is 5.82 Å². The van der Waals surface area contributed by atoms with Gasteiger partial charge in [0.05, 0.1) is 5.56 Å². The van der Waals surface area contributed by atoms with Crippen LogP contribution < -0.4 is 10.2 Å². The van der Waals surface area contributed by atoms with Gasteiger partial charge in [-0.1, -0.05) is 29.8 Å². The van der Waals surface area contributed by atoms with Crippen LogP contribution in [-0.4, -0.2) is 30.0 Å². The summed E-state index contributed by atoms with van der Waals surface area (Å²) in [6.45, 7) is 1.10. The normalized spacial score (nSPS) is 17.5. The summed E-state index contributed by atoms with van der Waals surface area (Å²) in [4.78, 5) is 17.8. The number of hydrogen-bond acceptors (Lipinski definition) is 3. The second-order valence-corrected chi connectivity index (χ2v) is 6.61. The molecular weight excluding hydrogens is 379 g/mol. The van der Waals surface area contributed by atoms with Crippen molar-refractivity contribution in [1.29, 1.82) is 0 Å². The van der Waals surface area contributed by atoms with Gasteiger partial charge in [-0.2, -0.15) is 13.2 Å². The number of pyridine rings is 1. The molecule has 2 heterocycles. The highest BCUT2D eigenvalue weighted by atomic mass is 35.5. The Morgan fingerprint density at radius 1 is 1.26 bits per heavy atom. The van der Waals surface area contributed by atoms with E-state index in [9.17, 15) is 18.0 Å². The molecule has 1 aromatic carbocycles. The third-order valence-electron chi connectivity index (χ3n) is 4.25. The summed E-state index contributed by atoms with van der Waals surface area (Å²) in [6, 6.07) is 9.45. The number of benzene rings is 1. The molecule has 1 aliphatic heterocycles. The third-order valence-corrected chi connectivity index (χ3v) is 4.60. The number of carbonyl (C=O) groups excluding carboxylic acids is 1. The van der Waals surface area contributed by atoms with Crippen molar-refractivity contribution in [3.63, 3.8) is 0 Å². The molecule has 27 heavy (non-hydrogen) atoms. The molecule has 4 nitrogen and oxygen atoms in total. The number of nitrogens with one attached hydrogen (secondary N) is 1. The van der Waals surface area contributed by atoms with Gasteiger partial charge in [-0.25, -0.2) is 4.98 Å². The second-order valence-electron chi connectivity index (χ2n) is 6.20. The lowest BCUT2D eigenvalue weighted by Gasteiger charge is -2.18. The number of anilines is 1. The van der Waals surface area contributed by atoms with Crippen LogP contribution in [0.4, 0.5) is 19.0 Å². The molecule has 8 heteroatoms. The van der Waals surface area contributed by atoms with Crippen LogP contribution in [0.5, 0.6) is 0 Å². The average Bonchev–Trinajstić information content (AvgIpc) is 3.09. The van der Waals surface area contributed by atoms with Crippen molar-refractivity contribution in [3.05, 3.63) is 64.8 Å². The van der Waals surface area contributed by atoms with Gasteiger partial charge in [0.25, 0.3) is 0 Å². The number of aromatic nitrogens is 1. The Kier molecular flexibility index (Phi) is 5.70. The second kappa shape index (κ2) is 8.00. The Labute approximate surface area is 159 Å². The van der Waals surface area contributed by atoms with Gasteiger partial charge in [-0.3, -0.25) is 4.79 Å². The molecular formula is C19H17ClF3N3O. The lowest BCUT2D eigenvalue weighted by molar-refractivity contribution is -0.137. The van der Waals surface area contributed by atoms with Crippen molar-refractivity contribution in [3.8, 4) is 0 Å². The van der Waals surface area contributed by atoms with Crippen molar-refractivity contribution < 1.29 is 18.0 Å². The minimum absolute atomic E-state index is 0.0995. The van der Waals surface area contributed by atoms with Crippen LogP contribution in [0.3, 0.4) is 0 Å². The zero-order valence-corrected chi connectivity index (χ0v) is 15.0. The van der Waals surface area contributed by atoms with Crippen LogP contribution in [0.15, 0.2) is 48.7 Å². The molecule has 3 rings (SSSR count). The third kappa shape index (κ3) is 5.01. The first-order chi connectivity index (χ1) is 12.8. The van der Waals surface area contributed by atoms with Crippen LogP contribution in [0.2, 0.25) is 5.02 Å². The summed E-state index contributed by atoms with van der Waals surface area (Å²) in [6.07, 6.45) is 0.172. The number of alkyl halides is 3. The Morgan fingerprint density at radius 3 is 2.70 bits per heavy atom. The fourth-order valence-corrected chi connectivity index (χ4v) is 3.05. The SMILES string of the molecule is O=C(/C=C/c1ccccc1Cl)N[C@H]1CCN(c2ccc(C(F)(F)F)cn2)C1. The number of nitrogens with zero attached hydrogens (tertiary/aromatic N) is 2. The molecule has 1 amide bonds. The summed E-state index contributed by atoms with van der Waals surface area (Å²) < 4.78 is 37.8. The van der Waals surface area contributed by atoms with E-state index >= 15 is 0 Å². The number of amides is 1. The van der Waals surface area contributed by atoms with Gasteiger partial charge in [0, 0.05) is 36.4 Å². The topological polar surface area (TPSA) is 45.2 Å². The van der Waals surface area contributed by atoms with E-state index in [1.54, 1.807) is 18.2 Å². The molecule has 0 radical (unpaired) electrons. The van der Waals surface area contributed by atoms with E-state index in [0.717, 1.165) is 17.8 Å². The molecule has 0 spiro atoms. The first-order valence-electron chi connectivity index (χ1n) is 8.34. The zero-order chi connectivity index (χ0) is 19.4. The number of rotatable bonds is 4. The van der Waals surface area contributed by atoms with Gasteiger partial charge < -0.3 is 10.2 Å². The molecule has 1 fully saturated rings. The van der Waals surface area contributed by atoms with Crippen molar-refractivity contribution in [2.75, 3.05) is 18.0 Å². The van der Waals surface area contributed by atoms with Crippen LogP contribution in [0, 0.1) is 0 Å². The minimum Gasteiger partial charge on any atom is -0.354 e. The van der Waals surface area contributed by atoms with Gasteiger partial charge in [0.15, 0.2) is 0 Å². The molecule has 1 aromatic heterocycles. The van der Waals surface area contributed by atoms with Crippen molar-refractivity contribution in [2.45, 2.75) is 18.6 Å². The number of hydrogen-bond donors (Lipinski definition) is 1. The number of carbonyl (C=O) groups is 1. The predicted molar refractivity (Wildman–Crippen MR) is 98.5 cm³/mol. The first kappa shape index (κ1) is 19.2. The Bertz CT molecular complexity index is 837. The summed E-state index contributed by atoms with van der Waals surface area (Å²) in [5, 5.41) is 3.44. The molecule has 0 unspecified atom stereocenters. The monoisotopic (exact) mass is 395 g/mol. The standard InChI is InChI=1S/C19H17ClF3N3O/c20-16-4-2-1-3-13(16)5-8-18(27)25-15-9-10-26(12-15)17-7-6-14(11-24-17)19(21,22)23/h1-8,11,15H,9-10,12H2,(H,25,27)/b8-5+/t15-/m0/s1. The van der Waals surface area contributed by atoms with Crippen LogP contribution >= 0.6 is 11.6 Å². The van der Waals surface area contributed by atoms with E-state index < -0.39 is 11.7 Å². The smallest absolute Gasteiger partial charge is 0.354 e. The van der Waals surface area contributed by atoms with Crippen molar-refractivity contribution >= 4 is 29.4 Å². The highest BCUT2D eigenvalue weighted by Gasteiger charge is 2.31. The quantitative estimate of drug-likeness (QED) is 0.790. The molecule has 142 valence electrons. The average molecular weight is 396 g/mol. The molecule has 2 aromatic rings. The van der Waals surface area contributed by atoms with E-state index in [-0.39, 0.29) is 11.9 Å². The zero-order valence-electron chi connectivity index (χ0n) is 14.2. The minimum atomic E-state index is -4.40. The van der Waals surface area contributed by atoms with E-state index in [4.69, 9.17) is 11.6 Å². The Morgan fingerprint density at radius 2 is 2.04 bits per heavy atom. The molecule has 0 saturated carbocycles. The largest absolute Gasteiger partial charge is 0.417 e. The predicted octanol–water partition coefficient (Wildman–Crippen LogP) is 4.16. The fraction of sp³-hybridized carbons (Fsp3) is 0.263. The summed E-state index contributed by atoms with van der Waals surface area (Å²) in [7, 11) is 0. The van der Waals surface area contributed by atoms with E-state index in [2.05, 4.69) is 10.3 Å². The number of halogens is 4. The lowest BCUT2D eigenvalue weighted by atomic mass is 10.2. The molecule has 1 saturated heterocycles. The van der Waals surface area contributed by atoms with Crippen molar-refractivity contribution in [1.82, 2.24) is 10.3 Å². The van der Waals surface area contributed by atoms with Gasteiger partial charge >= 0.3 is 6.18 Å². The van der Waals surface area contributed by atoms with Gasteiger partial charge in [-0.05, 0) is 36.3 Å². The molecule has 1 aliphatic rings. The van der Waals surface area contributed by atoms with Gasteiger partial charge in [0.2, 0.25) is 5.91 Å². The first-order valence-corrected chi connectivity index (χ1v) is 8.72. The highest BCUT2D eigenvalue weighted by Crippen LogP contribution is 2.29. The molecule has 0 bridgehead atoms.